The summed E-state index contributed by atoms with van der Waals surface area (Å²) < 4.78 is 13.4. The van der Waals surface area contributed by atoms with E-state index in [0.29, 0.717) is 22.6 Å². The molecule has 2 heterocycles. The standard InChI is InChI=1S/C19H14FN5O/c20-13-3-1-2-11(8-13)18-24-15-5-4-14(10-16(15)25-18)23-19(26)12-6-7-22-17(21)9-12/h1-10H,(H2,21,22)(H,23,26)(H,24,25). The topological polar surface area (TPSA) is 96.7 Å². The lowest BCUT2D eigenvalue weighted by molar-refractivity contribution is 0.102. The number of nitrogen functional groups attached to an aromatic ring is 1. The van der Waals surface area contributed by atoms with Gasteiger partial charge in [0, 0.05) is 23.0 Å². The maximum absolute atomic E-state index is 13.4. The van der Waals surface area contributed by atoms with E-state index in [9.17, 15) is 9.18 Å². The van der Waals surface area contributed by atoms with Crippen LogP contribution in [-0.2, 0) is 0 Å². The molecule has 0 saturated heterocycles. The molecule has 128 valence electrons. The first-order valence-corrected chi connectivity index (χ1v) is 7.87. The van der Waals surface area contributed by atoms with Gasteiger partial charge in [-0.3, -0.25) is 4.79 Å². The molecule has 0 bridgehead atoms. The van der Waals surface area contributed by atoms with Crippen LogP contribution in [-0.4, -0.2) is 20.9 Å². The Morgan fingerprint density at radius 1 is 1.12 bits per heavy atom. The summed E-state index contributed by atoms with van der Waals surface area (Å²) in [7, 11) is 0. The van der Waals surface area contributed by atoms with Crippen molar-refractivity contribution in [3.05, 3.63) is 72.2 Å². The van der Waals surface area contributed by atoms with E-state index in [1.54, 1.807) is 36.4 Å². The number of carbonyl (C=O) groups is 1. The summed E-state index contributed by atoms with van der Waals surface area (Å²) >= 11 is 0. The lowest BCUT2D eigenvalue weighted by atomic mass is 10.2. The highest BCUT2D eigenvalue weighted by Gasteiger charge is 2.10. The third kappa shape index (κ3) is 3.10. The highest BCUT2D eigenvalue weighted by Crippen LogP contribution is 2.23. The quantitative estimate of drug-likeness (QED) is 0.527. The summed E-state index contributed by atoms with van der Waals surface area (Å²) in [4.78, 5) is 23.8. The summed E-state index contributed by atoms with van der Waals surface area (Å²) in [6, 6.07) is 14.6. The smallest absolute Gasteiger partial charge is 0.255 e. The van der Waals surface area contributed by atoms with Crippen LogP contribution in [0.1, 0.15) is 10.4 Å². The van der Waals surface area contributed by atoms with E-state index >= 15 is 0 Å². The maximum atomic E-state index is 13.4. The molecule has 26 heavy (non-hydrogen) atoms. The fraction of sp³-hybridized carbons (Fsp3) is 0. The summed E-state index contributed by atoms with van der Waals surface area (Å²) in [5, 5.41) is 2.81. The lowest BCUT2D eigenvalue weighted by Crippen LogP contribution is -2.12. The first kappa shape index (κ1) is 15.8. The van der Waals surface area contributed by atoms with Crippen LogP contribution in [0.5, 0.6) is 0 Å². The number of carbonyl (C=O) groups excluding carboxylic acids is 1. The number of halogens is 1. The minimum atomic E-state index is -0.326. The van der Waals surface area contributed by atoms with Gasteiger partial charge >= 0.3 is 0 Å². The Kier molecular flexibility index (Phi) is 3.81. The first-order valence-electron chi connectivity index (χ1n) is 7.87. The van der Waals surface area contributed by atoms with Crippen molar-refractivity contribution >= 4 is 28.4 Å². The van der Waals surface area contributed by atoms with Crippen LogP contribution in [0.25, 0.3) is 22.4 Å². The molecule has 0 saturated carbocycles. The van der Waals surface area contributed by atoms with E-state index in [4.69, 9.17) is 5.73 Å². The number of hydrogen-bond acceptors (Lipinski definition) is 4. The summed E-state index contributed by atoms with van der Waals surface area (Å²) in [5.74, 6) is 0.224. The van der Waals surface area contributed by atoms with E-state index in [0.717, 1.165) is 11.0 Å². The highest BCUT2D eigenvalue weighted by molar-refractivity contribution is 6.05. The minimum Gasteiger partial charge on any atom is -0.384 e. The molecule has 4 N–H and O–H groups in total. The number of fused-ring (bicyclic) bond motifs is 1. The Hall–Kier alpha value is -3.74. The van der Waals surface area contributed by atoms with Gasteiger partial charge in [0.05, 0.1) is 11.0 Å². The van der Waals surface area contributed by atoms with E-state index < -0.39 is 0 Å². The summed E-state index contributed by atoms with van der Waals surface area (Å²) in [5.41, 5.74) is 8.73. The van der Waals surface area contributed by atoms with Gasteiger partial charge in [-0.25, -0.2) is 14.4 Å². The third-order valence-electron chi connectivity index (χ3n) is 3.88. The van der Waals surface area contributed by atoms with Crippen LogP contribution in [0.15, 0.2) is 60.8 Å². The fourth-order valence-corrected chi connectivity index (χ4v) is 2.65. The number of nitrogens with two attached hydrogens (primary N) is 1. The molecule has 0 unspecified atom stereocenters. The number of aromatic amines is 1. The number of benzene rings is 2. The van der Waals surface area contributed by atoms with Crippen molar-refractivity contribution in [3.8, 4) is 11.4 Å². The average Bonchev–Trinajstić information content (AvgIpc) is 3.05. The van der Waals surface area contributed by atoms with Gasteiger partial charge in [-0.1, -0.05) is 12.1 Å². The Morgan fingerprint density at radius 2 is 2.00 bits per heavy atom. The van der Waals surface area contributed by atoms with Crippen LogP contribution >= 0.6 is 0 Å². The van der Waals surface area contributed by atoms with Crippen molar-refractivity contribution in [3.63, 3.8) is 0 Å². The summed E-state index contributed by atoms with van der Waals surface area (Å²) in [6.07, 6.45) is 1.48. The van der Waals surface area contributed by atoms with Crippen LogP contribution in [0, 0.1) is 5.82 Å². The SMILES string of the molecule is Nc1cc(C(=O)Nc2ccc3nc(-c4cccc(F)c4)[nH]c3c2)ccn1. The second kappa shape index (κ2) is 6.29. The second-order valence-corrected chi connectivity index (χ2v) is 5.75. The van der Waals surface area contributed by atoms with Gasteiger partial charge in [0.1, 0.15) is 17.5 Å². The number of nitrogens with one attached hydrogen (secondary N) is 2. The Morgan fingerprint density at radius 3 is 2.81 bits per heavy atom. The molecule has 2 aromatic heterocycles. The molecule has 0 aliphatic heterocycles. The van der Waals surface area contributed by atoms with E-state index in [1.807, 2.05) is 0 Å². The predicted molar refractivity (Wildman–Crippen MR) is 98.1 cm³/mol. The van der Waals surface area contributed by atoms with Crippen molar-refractivity contribution in [2.75, 3.05) is 11.1 Å². The molecule has 0 radical (unpaired) electrons. The predicted octanol–water partition coefficient (Wildman–Crippen LogP) is 3.60. The molecule has 2 aromatic carbocycles. The van der Waals surface area contributed by atoms with Crippen LogP contribution in [0.3, 0.4) is 0 Å². The number of H-pyrrole nitrogens is 1. The zero-order valence-electron chi connectivity index (χ0n) is 13.5. The lowest BCUT2D eigenvalue weighted by Gasteiger charge is -2.05. The normalized spacial score (nSPS) is 10.8. The number of hydrogen-bond donors (Lipinski definition) is 3. The zero-order valence-corrected chi connectivity index (χ0v) is 13.5. The molecular weight excluding hydrogens is 333 g/mol. The van der Waals surface area contributed by atoms with Crippen molar-refractivity contribution in [2.24, 2.45) is 0 Å². The van der Waals surface area contributed by atoms with Gasteiger partial charge in [0.25, 0.3) is 5.91 Å². The molecule has 0 aliphatic rings. The molecule has 0 fully saturated rings. The summed E-state index contributed by atoms with van der Waals surface area (Å²) in [6.45, 7) is 0. The van der Waals surface area contributed by atoms with Gasteiger partial charge in [-0.2, -0.15) is 0 Å². The van der Waals surface area contributed by atoms with Crippen molar-refractivity contribution in [1.82, 2.24) is 15.0 Å². The maximum Gasteiger partial charge on any atom is 0.255 e. The monoisotopic (exact) mass is 347 g/mol. The minimum absolute atomic E-state index is 0.279. The molecule has 7 heteroatoms. The molecule has 0 atom stereocenters. The Labute approximate surface area is 147 Å². The van der Waals surface area contributed by atoms with E-state index in [-0.39, 0.29) is 17.5 Å². The van der Waals surface area contributed by atoms with Gasteiger partial charge in [0.2, 0.25) is 0 Å². The fourth-order valence-electron chi connectivity index (χ4n) is 2.65. The third-order valence-corrected chi connectivity index (χ3v) is 3.88. The molecule has 0 aliphatic carbocycles. The molecule has 4 rings (SSSR count). The number of nitrogens with zero attached hydrogens (tertiary/aromatic N) is 2. The molecule has 6 nitrogen and oxygen atoms in total. The molecule has 0 spiro atoms. The van der Waals surface area contributed by atoms with Gasteiger partial charge in [-0.05, 0) is 42.5 Å². The Balaban J connectivity index is 1.62. The molecule has 4 aromatic rings. The number of pyridine rings is 1. The van der Waals surface area contributed by atoms with E-state index in [2.05, 4.69) is 20.3 Å². The molecular formula is C19H14FN5O. The van der Waals surface area contributed by atoms with Crippen LogP contribution in [0.4, 0.5) is 15.9 Å². The van der Waals surface area contributed by atoms with Crippen LogP contribution < -0.4 is 11.1 Å². The first-order chi connectivity index (χ1) is 12.6. The van der Waals surface area contributed by atoms with Gasteiger partial charge in [0.15, 0.2) is 0 Å². The molecule has 1 amide bonds. The largest absolute Gasteiger partial charge is 0.384 e. The second-order valence-electron chi connectivity index (χ2n) is 5.75. The average molecular weight is 347 g/mol. The number of anilines is 2. The zero-order chi connectivity index (χ0) is 18.1. The van der Waals surface area contributed by atoms with Gasteiger partial charge in [-0.15, -0.1) is 0 Å². The van der Waals surface area contributed by atoms with Crippen molar-refractivity contribution in [1.29, 1.82) is 0 Å². The highest BCUT2D eigenvalue weighted by atomic mass is 19.1. The Bertz CT molecular complexity index is 1120. The van der Waals surface area contributed by atoms with Crippen molar-refractivity contribution < 1.29 is 9.18 Å². The van der Waals surface area contributed by atoms with Gasteiger partial charge < -0.3 is 16.0 Å². The number of imidazole rings is 1. The van der Waals surface area contributed by atoms with Crippen molar-refractivity contribution in [2.45, 2.75) is 0 Å². The van der Waals surface area contributed by atoms with E-state index in [1.165, 1.54) is 24.4 Å². The number of aromatic nitrogens is 3. The van der Waals surface area contributed by atoms with Crippen LogP contribution in [0.2, 0.25) is 0 Å². The number of amides is 1. The number of rotatable bonds is 3.